The molecule has 6 heteroatoms. The van der Waals surface area contributed by atoms with Crippen LogP contribution in [-0.2, 0) is 4.84 Å². The fourth-order valence-electron chi connectivity index (χ4n) is 1.83. The Bertz CT molecular complexity index is 522. The Morgan fingerprint density at radius 1 is 0.957 bits per heavy atom. The standard InChI is InChI=1S/C14H14NO3P.C3H9N/c16-15(17)18-11-12-19(13-7-3-1-4-8-13)14-9-5-2-6-10-14;1-4(2)3/h1-10H,11-12H2;1-3H3. The average molecular weight is 334 g/mol. The van der Waals surface area contributed by atoms with Crippen molar-refractivity contribution in [2.75, 3.05) is 33.9 Å². The normalized spacial score (nSPS) is 10.1. The highest BCUT2D eigenvalue weighted by Crippen LogP contribution is 2.32. The first-order valence-electron chi connectivity index (χ1n) is 7.26. The molecule has 124 valence electrons. The summed E-state index contributed by atoms with van der Waals surface area (Å²) in [6.45, 7) is 0.127. The lowest BCUT2D eigenvalue weighted by Crippen LogP contribution is -2.17. The molecule has 23 heavy (non-hydrogen) atoms. The van der Waals surface area contributed by atoms with Crippen LogP contribution in [0.15, 0.2) is 60.7 Å². The SMILES string of the molecule is CN(C)C.O=[N+]([O-])OCCP(c1ccccc1)c1ccccc1. The largest absolute Gasteiger partial charge is 0.314 e. The fourth-order valence-corrected chi connectivity index (χ4v) is 3.97. The van der Waals surface area contributed by atoms with E-state index in [9.17, 15) is 10.1 Å². The predicted molar refractivity (Wildman–Crippen MR) is 96.5 cm³/mol. The minimum atomic E-state index is -0.733. The highest BCUT2D eigenvalue weighted by molar-refractivity contribution is 7.73. The maximum atomic E-state index is 10.2. The van der Waals surface area contributed by atoms with Crippen LogP contribution < -0.4 is 10.6 Å². The topological polar surface area (TPSA) is 55.6 Å². The molecular formula is C17H23N2O3P. The van der Waals surface area contributed by atoms with Gasteiger partial charge in [-0.1, -0.05) is 60.7 Å². The highest BCUT2D eigenvalue weighted by Gasteiger charge is 2.13. The number of hydrogen-bond acceptors (Lipinski definition) is 4. The van der Waals surface area contributed by atoms with Crippen LogP contribution in [0.2, 0.25) is 0 Å². The average Bonchev–Trinajstić information content (AvgIpc) is 2.52. The molecule has 0 saturated carbocycles. The predicted octanol–water partition coefficient (Wildman–Crippen LogP) is 2.51. The third-order valence-corrected chi connectivity index (χ3v) is 5.12. The van der Waals surface area contributed by atoms with Gasteiger partial charge in [-0.25, -0.2) is 0 Å². The van der Waals surface area contributed by atoms with Crippen LogP contribution in [-0.4, -0.2) is 43.9 Å². The summed E-state index contributed by atoms with van der Waals surface area (Å²) in [6, 6.07) is 20.1. The van der Waals surface area contributed by atoms with Gasteiger partial charge in [-0.2, -0.15) is 0 Å². The lowest BCUT2D eigenvalue weighted by molar-refractivity contribution is -0.756. The molecule has 0 saturated heterocycles. The van der Waals surface area contributed by atoms with Gasteiger partial charge >= 0.3 is 0 Å². The van der Waals surface area contributed by atoms with Crippen LogP contribution in [0.3, 0.4) is 0 Å². The molecule has 0 heterocycles. The van der Waals surface area contributed by atoms with Gasteiger partial charge in [0.25, 0.3) is 5.09 Å². The first-order valence-corrected chi connectivity index (χ1v) is 8.79. The van der Waals surface area contributed by atoms with Gasteiger partial charge < -0.3 is 9.74 Å². The lowest BCUT2D eigenvalue weighted by atomic mass is 10.4. The molecular weight excluding hydrogens is 311 g/mol. The van der Waals surface area contributed by atoms with Crippen molar-refractivity contribution >= 4 is 18.5 Å². The number of nitrogens with zero attached hydrogens (tertiary/aromatic N) is 2. The van der Waals surface area contributed by atoms with E-state index in [0.717, 1.165) is 0 Å². The van der Waals surface area contributed by atoms with Crippen LogP contribution in [0, 0.1) is 10.1 Å². The molecule has 0 bridgehead atoms. The third kappa shape index (κ3) is 8.29. The van der Waals surface area contributed by atoms with E-state index in [4.69, 9.17) is 0 Å². The van der Waals surface area contributed by atoms with Crippen LogP contribution in [0.1, 0.15) is 0 Å². The van der Waals surface area contributed by atoms with Gasteiger partial charge in [0, 0.05) is 0 Å². The smallest absolute Gasteiger partial charge is 0.294 e. The molecule has 0 spiro atoms. The minimum absolute atomic E-state index is 0.127. The first kappa shape index (κ1) is 19.1. The summed E-state index contributed by atoms with van der Waals surface area (Å²) >= 11 is 0. The van der Waals surface area contributed by atoms with Crippen molar-refractivity contribution in [1.29, 1.82) is 0 Å². The molecule has 0 aliphatic carbocycles. The van der Waals surface area contributed by atoms with Crippen LogP contribution in [0.25, 0.3) is 0 Å². The van der Waals surface area contributed by atoms with E-state index in [2.05, 4.69) is 29.1 Å². The van der Waals surface area contributed by atoms with Gasteiger partial charge in [0.2, 0.25) is 0 Å². The fraction of sp³-hybridized carbons (Fsp3) is 0.294. The molecule has 5 nitrogen and oxygen atoms in total. The van der Waals surface area contributed by atoms with Crippen molar-refractivity contribution in [2.24, 2.45) is 0 Å². The second kappa shape index (κ2) is 10.7. The minimum Gasteiger partial charge on any atom is -0.314 e. The van der Waals surface area contributed by atoms with Gasteiger partial charge in [-0.15, -0.1) is 10.1 Å². The summed E-state index contributed by atoms with van der Waals surface area (Å²) in [4.78, 5) is 16.7. The summed E-state index contributed by atoms with van der Waals surface area (Å²) in [7, 11) is 5.39. The van der Waals surface area contributed by atoms with E-state index >= 15 is 0 Å². The third-order valence-electron chi connectivity index (χ3n) is 2.65. The summed E-state index contributed by atoms with van der Waals surface area (Å²) in [5, 5.41) is 11.9. The van der Waals surface area contributed by atoms with E-state index in [-0.39, 0.29) is 6.61 Å². The maximum absolute atomic E-state index is 10.2. The van der Waals surface area contributed by atoms with E-state index < -0.39 is 13.0 Å². The van der Waals surface area contributed by atoms with E-state index in [1.54, 1.807) is 0 Å². The van der Waals surface area contributed by atoms with Gasteiger partial charge in [-0.3, -0.25) is 0 Å². The molecule has 2 aromatic carbocycles. The molecule has 0 aromatic heterocycles. The number of rotatable bonds is 6. The van der Waals surface area contributed by atoms with Crippen molar-refractivity contribution in [3.63, 3.8) is 0 Å². The zero-order valence-corrected chi connectivity index (χ0v) is 14.6. The molecule has 0 aliphatic heterocycles. The molecule has 0 radical (unpaired) electrons. The van der Waals surface area contributed by atoms with Crippen molar-refractivity contribution in [3.8, 4) is 0 Å². The van der Waals surface area contributed by atoms with Crippen molar-refractivity contribution in [1.82, 2.24) is 4.90 Å². The summed E-state index contributed by atoms with van der Waals surface area (Å²) < 4.78 is 0. The number of hydrogen-bond donors (Lipinski definition) is 0. The van der Waals surface area contributed by atoms with Crippen LogP contribution >= 0.6 is 7.92 Å². The molecule has 0 fully saturated rings. The van der Waals surface area contributed by atoms with Gasteiger partial charge in [0.1, 0.15) is 6.61 Å². The second-order valence-electron chi connectivity index (χ2n) is 5.22. The Morgan fingerprint density at radius 2 is 1.35 bits per heavy atom. The molecule has 0 amide bonds. The van der Waals surface area contributed by atoms with Crippen LogP contribution in [0.4, 0.5) is 0 Å². The Kier molecular flexibility index (Phi) is 8.88. The summed E-state index contributed by atoms with van der Waals surface area (Å²) in [5.74, 6) is 0. The Hall–Kier alpha value is -1.97. The molecule has 2 rings (SSSR count). The summed E-state index contributed by atoms with van der Waals surface area (Å²) in [6.07, 6.45) is 0.643. The quantitative estimate of drug-likeness (QED) is 0.463. The Balaban J connectivity index is 0.000000593. The van der Waals surface area contributed by atoms with Crippen LogP contribution in [0.5, 0.6) is 0 Å². The van der Waals surface area contributed by atoms with Gasteiger partial charge in [-0.05, 0) is 45.8 Å². The lowest BCUT2D eigenvalue weighted by Gasteiger charge is -2.17. The Morgan fingerprint density at radius 3 is 1.70 bits per heavy atom. The van der Waals surface area contributed by atoms with Gasteiger partial charge in [0.15, 0.2) is 0 Å². The second-order valence-corrected chi connectivity index (χ2v) is 7.56. The molecule has 0 unspecified atom stereocenters. The monoisotopic (exact) mass is 334 g/mol. The van der Waals surface area contributed by atoms with E-state index in [1.807, 2.05) is 62.4 Å². The molecule has 0 atom stereocenters. The van der Waals surface area contributed by atoms with E-state index in [1.165, 1.54) is 10.6 Å². The summed E-state index contributed by atoms with van der Waals surface area (Å²) in [5.41, 5.74) is 0. The maximum Gasteiger partial charge on any atom is 0.294 e. The Labute approximate surface area is 138 Å². The molecule has 0 aliphatic rings. The van der Waals surface area contributed by atoms with Crippen molar-refractivity contribution in [2.45, 2.75) is 0 Å². The van der Waals surface area contributed by atoms with Crippen molar-refractivity contribution < 1.29 is 9.92 Å². The van der Waals surface area contributed by atoms with E-state index in [0.29, 0.717) is 6.16 Å². The molecule has 0 N–H and O–H groups in total. The number of benzene rings is 2. The van der Waals surface area contributed by atoms with Gasteiger partial charge in [0.05, 0.1) is 0 Å². The zero-order chi connectivity index (χ0) is 17.1. The highest BCUT2D eigenvalue weighted by atomic mass is 31.1. The first-order chi connectivity index (χ1) is 11.0. The molecule has 2 aromatic rings. The van der Waals surface area contributed by atoms with Crippen molar-refractivity contribution in [3.05, 3.63) is 70.8 Å². The zero-order valence-electron chi connectivity index (χ0n) is 13.8.